The third kappa shape index (κ3) is 3.74. The van der Waals surface area contributed by atoms with Crippen molar-refractivity contribution in [3.8, 4) is 6.07 Å². The molecule has 0 bridgehead atoms. The molecule has 0 heterocycles. The van der Waals surface area contributed by atoms with Crippen molar-refractivity contribution < 1.29 is 13.2 Å². The van der Waals surface area contributed by atoms with Gasteiger partial charge in [-0.05, 0) is 18.2 Å². The molecule has 86 valence electrons. The lowest BCUT2D eigenvalue weighted by molar-refractivity contribution is -0.137. The van der Waals surface area contributed by atoms with Gasteiger partial charge in [0.25, 0.3) is 0 Å². The van der Waals surface area contributed by atoms with Gasteiger partial charge in [-0.2, -0.15) is 18.4 Å². The number of halogens is 4. The van der Waals surface area contributed by atoms with Crippen molar-refractivity contribution in [3.05, 3.63) is 28.2 Å². The molecule has 0 radical (unpaired) electrons. The number of nitriles is 1. The summed E-state index contributed by atoms with van der Waals surface area (Å²) < 4.78 is 37.7. The topological polar surface area (TPSA) is 35.8 Å². The maximum Gasteiger partial charge on any atom is 0.416 e. The SMILES string of the molecule is N#CCCNc1cc(Br)cc(C(F)(F)F)c1. The first-order valence-corrected chi connectivity index (χ1v) is 5.21. The van der Waals surface area contributed by atoms with E-state index in [1.165, 1.54) is 6.07 Å². The van der Waals surface area contributed by atoms with E-state index in [9.17, 15) is 13.2 Å². The second-order valence-corrected chi connectivity index (χ2v) is 3.98. The van der Waals surface area contributed by atoms with E-state index in [-0.39, 0.29) is 6.42 Å². The van der Waals surface area contributed by atoms with Crippen molar-refractivity contribution in [2.24, 2.45) is 0 Å². The molecule has 6 heteroatoms. The Balaban J connectivity index is 2.87. The minimum absolute atomic E-state index is 0.244. The van der Waals surface area contributed by atoms with E-state index in [4.69, 9.17) is 5.26 Å². The Bertz CT molecular complexity index is 410. The fraction of sp³-hybridized carbons (Fsp3) is 0.300. The van der Waals surface area contributed by atoms with Gasteiger partial charge in [-0.25, -0.2) is 0 Å². The maximum absolute atomic E-state index is 12.4. The molecule has 0 saturated heterocycles. The zero-order valence-corrected chi connectivity index (χ0v) is 9.69. The van der Waals surface area contributed by atoms with E-state index >= 15 is 0 Å². The first kappa shape index (κ1) is 12.8. The summed E-state index contributed by atoms with van der Waals surface area (Å²) >= 11 is 3.01. The van der Waals surface area contributed by atoms with Gasteiger partial charge in [-0.3, -0.25) is 0 Å². The molecule has 0 saturated carbocycles. The molecule has 0 atom stereocenters. The lowest BCUT2D eigenvalue weighted by Gasteiger charge is -2.10. The smallest absolute Gasteiger partial charge is 0.384 e. The summed E-state index contributed by atoms with van der Waals surface area (Å²) in [6.07, 6.45) is -4.12. The molecule has 0 aromatic heterocycles. The molecule has 2 nitrogen and oxygen atoms in total. The largest absolute Gasteiger partial charge is 0.416 e. The fourth-order valence-corrected chi connectivity index (χ4v) is 1.61. The minimum atomic E-state index is -4.37. The summed E-state index contributed by atoms with van der Waals surface area (Å²) in [5, 5.41) is 11.0. The monoisotopic (exact) mass is 292 g/mol. The maximum atomic E-state index is 12.4. The second kappa shape index (κ2) is 5.21. The second-order valence-electron chi connectivity index (χ2n) is 3.06. The van der Waals surface area contributed by atoms with E-state index in [0.29, 0.717) is 16.7 Å². The Kier molecular flexibility index (Phi) is 4.19. The Morgan fingerprint density at radius 3 is 2.56 bits per heavy atom. The molecular weight excluding hydrogens is 285 g/mol. The van der Waals surface area contributed by atoms with Crippen molar-refractivity contribution in [1.82, 2.24) is 0 Å². The summed E-state index contributed by atoms with van der Waals surface area (Å²) in [6.45, 7) is 0.324. The molecule has 0 aliphatic heterocycles. The third-order valence-electron chi connectivity index (χ3n) is 1.79. The molecule has 0 aliphatic rings. The summed E-state index contributed by atoms with van der Waals surface area (Å²) in [6, 6.07) is 5.46. The van der Waals surface area contributed by atoms with Gasteiger partial charge in [0.1, 0.15) is 0 Å². The van der Waals surface area contributed by atoms with E-state index in [2.05, 4.69) is 21.2 Å². The summed E-state index contributed by atoms with van der Waals surface area (Å²) in [4.78, 5) is 0. The molecule has 16 heavy (non-hydrogen) atoms. The van der Waals surface area contributed by atoms with Crippen LogP contribution in [0.25, 0.3) is 0 Å². The summed E-state index contributed by atoms with van der Waals surface area (Å²) in [5.41, 5.74) is -0.377. The number of alkyl halides is 3. The lowest BCUT2D eigenvalue weighted by Crippen LogP contribution is -2.07. The van der Waals surface area contributed by atoms with Crippen LogP contribution in [-0.4, -0.2) is 6.54 Å². The molecule has 0 fully saturated rings. The Hall–Kier alpha value is -1.22. The van der Waals surface area contributed by atoms with Crippen molar-refractivity contribution in [1.29, 1.82) is 5.26 Å². The highest BCUT2D eigenvalue weighted by Crippen LogP contribution is 2.33. The highest BCUT2D eigenvalue weighted by molar-refractivity contribution is 9.10. The number of nitrogens with zero attached hydrogens (tertiary/aromatic N) is 1. The van der Waals surface area contributed by atoms with Gasteiger partial charge in [-0.15, -0.1) is 0 Å². The molecule has 0 spiro atoms. The highest BCUT2D eigenvalue weighted by atomic mass is 79.9. The fourth-order valence-electron chi connectivity index (χ4n) is 1.12. The molecule has 1 aromatic carbocycles. The van der Waals surface area contributed by atoms with E-state index in [1.807, 2.05) is 6.07 Å². The first-order chi connectivity index (χ1) is 7.43. The van der Waals surface area contributed by atoms with Crippen molar-refractivity contribution in [2.75, 3.05) is 11.9 Å². The van der Waals surface area contributed by atoms with Crippen LogP contribution in [0.4, 0.5) is 18.9 Å². The standard InChI is InChI=1S/C10H8BrF3N2/c11-8-4-7(10(12,13)14)5-9(6-8)16-3-1-2-15/h4-6,16H,1,3H2. The number of hydrogen-bond acceptors (Lipinski definition) is 2. The van der Waals surface area contributed by atoms with Crippen LogP contribution in [0, 0.1) is 11.3 Å². The number of nitrogens with one attached hydrogen (secondary N) is 1. The first-order valence-electron chi connectivity index (χ1n) is 4.42. The molecule has 1 rings (SSSR count). The average molecular weight is 293 g/mol. The van der Waals surface area contributed by atoms with Gasteiger partial charge in [-0.1, -0.05) is 15.9 Å². The van der Waals surface area contributed by atoms with Crippen LogP contribution in [0.5, 0.6) is 0 Å². The van der Waals surface area contributed by atoms with Gasteiger partial charge in [0, 0.05) is 16.7 Å². The van der Waals surface area contributed by atoms with Gasteiger partial charge in [0.05, 0.1) is 18.1 Å². The molecule has 0 unspecified atom stereocenters. The van der Waals surface area contributed by atoms with Crippen LogP contribution >= 0.6 is 15.9 Å². The van der Waals surface area contributed by atoms with Gasteiger partial charge in [0.15, 0.2) is 0 Å². The van der Waals surface area contributed by atoms with Crippen LogP contribution in [0.1, 0.15) is 12.0 Å². The average Bonchev–Trinajstić information content (AvgIpc) is 2.16. The Morgan fingerprint density at radius 1 is 1.31 bits per heavy atom. The van der Waals surface area contributed by atoms with Crippen LogP contribution in [-0.2, 0) is 6.18 Å². The van der Waals surface area contributed by atoms with Crippen LogP contribution in [0.15, 0.2) is 22.7 Å². The number of anilines is 1. The number of benzene rings is 1. The Labute approximate surface area is 99.2 Å². The van der Waals surface area contributed by atoms with Crippen molar-refractivity contribution >= 4 is 21.6 Å². The van der Waals surface area contributed by atoms with Gasteiger partial charge < -0.3 is 5.32 Å². The third-order valence-corrected chi connectivity index (χ3v) is 2.25. The normalized spacial score (nSPS) is 10.9. The zero-order chi connectivity index (χ0) is 12.2. The Morgan fingerprint density at radius 2 is 2.00 bits per heavy atom. The molecule has 1 N–H and O–H groups in total. The van der Waals surface area contributed by atoms with Crippen LogP contribution < -0.4 is 5.32 Å². The minimum Gasteiger partial charge on any atom is -0.384 e. The molecule has 0 amide bonds. The summed E-state index contributed by atoms with van der Waals surface area (Å²) in [5.74, 6) is 0. The lowest BCUT2D eigenvalue weighted by atomic mass is 10.2. The van der Waals surface area contributed by atoms with Crippen LogP contribution in [0.2, 0.25) is 0 Å². The van der Waals surface area contributed by atoms with Crippen molar-refractivity contribution in [2.45, 2.75) is 12.6 Å². The van der Waals surface area contributed by atoms with Gasteiger partial charge >= 0.3 is 6.18 Å². The zero-order valence-electron chi connectivity index (χ0n) is 8.11. The van der Waals surface area contributed by atoms with E-state index in [0.717, 1.165) is 12.1 Å². The van der Waals surface area contributed by atoms with Crippen LogP contribution in [0.3, 0.4) is 0 Å². The molecule has 0 aliphatic carbocycles. The predicted octanol–water partition coefficient (Wildman–Crippen LogP) is 3.79. The summed E-state index contributed by atoms with van der Waals surface area (Å²) in [7, 11) is 0. The van der Waals surface area contributed by atoms with E-state index in [1.54, 1.807) is 0 Å². The van der Waals surface area contributed by atoms with Gasteiger partial charge in [0.2, 0.25) is 0 Å². The predicted molar refractivity (Wildman–Crippen MR) is 57.9 cm³/mol. The van der Waals surface area contributed by atoms with E-state index < -0.39 is 11.7 Å². The van der Waals surface area contributed by atoms with Crippen molar-refractivity contribution in [3.63, 3.8) is 0 Å². The molecular formula is C10H8BrF3N2. The number of hydrogen-bond donors (Lipinski definition) is 1. The quantitative estimate of drug-likeness (QED) is 0.861. The molecule has 1 aromatic rings. The highest BCUT2D eigenvalue weighted by Gasteiger charge is 2.30. The number of rotatable bonds is 3.